The van der Waals surface area contributed by atoms with Crippen LogP contribution in [0.3, 0.4) is 0 Å². The summed E-state index contributed by atoms with van der Waals surface area (Å²) in [5, 5.41) is 2.91. The van der Waals surface area contributed by atoms with Crippen LogP contribution in [0.25, 0.3) is 0 Å². The minimum atomic E-state index is 0.00133. The first-order valence-electron chi connectivity index (χ1n) is 9.20. The summed E-state index contributed by atoms with van der Waals surface area (Å²) in [7, 11) is 0. The Balaban J connectivity index is 1.29. The Morgan fingerprint density at radius 2 is 2.08 bits per heavy atom. The van der Waals surface area contributed by atoms with Gasteiger partial charge in [-0.05, 0) is 42.6 Å². The molecule has 0 bridgehead atoms. The molecule has 2 aromatic rings. The fraction of sp³-hybridized carbons (Fsp3) is 0.450. The predicted molar refractivity (Wildman–Crippen MR) is 98.3 cm³/mol. The number of nitrogens with one attached hydrogen (secondary N) is 1. The van der Waals surface area contributed by atoms with Gasteiger partial charge in [-0.15, -0.1) is 0 Å². The number of likely N-dealkylation sites (tertiary alicyclic amines) is 1. The molecule has 1 amide bonds. The summed E-state index contributed by atoms with van der Waals surface area (Å²) in [6.45, 7) is 3.75. The van der Waals surface area contributed by atoms with Gasteiger partial charge in [-0.2, -0.15) is 0 Å². The molecule has 0 saturated carbocycles. The van der Waals surface area contributed by atoms with Crippen LogP contribution in [0, 0.1) is 11.8 Å². The Morgan fingerprint density at radius 3 is 2.85 bits per heavy atom. The van der Waals surface area contributed by atoms with Crippen LogP contribution >= 0.6 is 0 Å². The first-order chi connectivity index (χ1) is 12.8. The predicted octanol–water partition coefficient (Wildman–Crippen LogP) is 2.34. The number of ether oxygens (including phenoxy) is 1. The van der Waals surface area contributed by atoms with Crippen molar-refractivity contribution >= 4 is 11.6 Å². The molecule has 2 aliphatic heterocycles. The van der Waals surface area contributed by atoms with Crippen LogP contribution in [0.1, 0.15) is 18.4 Å². The number of anilines is 1. The summed E-state index contributed by atoms with van der Waals surface area (Å²) in [6.07, 6.45) is 8.61. The van der Waals surface area contributed by atoms with Crippen LogP contribution < -0.4 is 5.32 Å². The highest BCUT2D eigenvalue weighted by atomic mass is 16.5. The quantitative estimate of drug-likeness (QED) is 0.895. The molecule has 136 valence electrons. The molecule has 2 saturated heterocycles. The maximum atomic E-state index is 12.3. The summed E-state index contributed by atoms with van der Waals surface area (Å²) >= 11 is 0. The molecule has 6 heteroatoms. The fourth-order valence-electron chi connectivity index (χ4n) is 4.10. The summed E-state index contributed by atoms with van der Waals surface area (Å²) in [4.78, 5) is 23.0. The molecule has 3 atom stereocenters. The molecule has 0 unspecified atom stereocenters. The summed E-state index contributed by atoms with van der Waals surface area (Å²) in [5.74, 6) is 0.984. The molecule has 0 aliphatic carbocycles. The molecule has 1 N–H and O–H groups in total. The molecule has 6 nitrogen and oxygen atoms in total. The second-order valence-corrected chi connectivity index (χ2v) is 7.17. The molecular formula is C20H24N4O2. The third-order valence-corrected chi connectivity index (χ3v) is 5.34. The molecular weight excluding hydrogens is 328 g/mol. The maximum absolute atomic E-state index is 12.3. The molecule has 2 aliphatic rings. The van der Waals surface area contributed by atoms with E-state index in [1.807, 2.05) is 30.6 Å². The van der Waals surface area contributed by atoms with E-state index >= 15 is 0 Å². The number of amides is 1. The third-order valence-electron chi connectivity index (χ3n) is 5.34. The molecule has 0 radical (unpaired) electrons. The molecule has 2 fully saturated rings. The Morgan fingerprint density at radius 1 is 1.23 bits per heavy atom. The molecule has 4 rings (SSSR count). The van der Waals surface area contributed by atoms with Crippen LogP contribution in [-0.2, 0) is 16.1 Å². The van der Waals surface area contributed by atoms with Crippen molar-refractivity contribution in [3.8, 4) is 0 Å². The number of pyridine rings is 2. The summed E-state index contributed by atoms with van der Waals surface area (Å²) in [6, 6.07) is 7.77. The Labute approximate surface area is 153 Å². The van der Waals surface area contributed by atoms with E-state index in [2.05, 4.69) is 26.3 Å². The maximum Gasteiger partial charge on any atom is 0.227 e. The van der Waals surface area contributed by atoms with Gasteiger partial charge >= 0.3 is 0 Å². The van der Waals surface area contributed by atoms with Crippen LogP contribution in [0.15, 0.2) is 49.1 Å². The number of hydrogen-bond donors (Lipinski definition) is 1. The lowest BCUT2D eigenvalue weighted by Crippen LogP contribution is -2.41. The molecule has 4 heterocycles. The third kappa shape index (κ3) is 4.08. The van der Waals surface area contributed by atoms with Crippen molar-refractivity contribution in [3.63, 3.8) is 0 Å². The van der Waals surface area contributed by atoms with Crippen molar-refractivity contribution in [1.82, 2.24) is 14.9 Å². The number of hydrogen-bond acceptors (Lipinski definition) is 5. The standard InChI is InChI=1S/C20H24N4O2/c25-20(23-17-4-2-7-22-11-17)9-19-18-5-8-24(13-16(18)14-26-19)12-15-3-1-6-21-10-15/h1-4,6-7,10-11,16,18-19H,5,8-9,12-14H2,(H,23,25)/t16-,18-,19-/m1/s1. The second-order valence-electron chi connectivity index (χ2n) is 7.17. The van der Waals surface area contributed by atoms with Gasteiger partial charge in [0.05, 0.1) is 31.0 Å². The van der Waals surface area contributed by atoms with Gasteiger partial charge in [-0.3, -0.25) is 19.7 Å². The lowest BCUT2D eigenvalue weighted by atomic mass is 9.83. The van der Waals surface area contributed by atoms with Gasteiger partial charge in [0.2, 0.25) is 5.91 Å². The van der Waals surface area contributed by atoms with Crippen LogP contribution in [0.2, 0.25) is 0 Å². The number of carbonyl (C=O) groups excluding carboxylic acids is 1. The number of rotatable bonds is 5. The van der Waals surface area contributed by atoms with E-state index in [-0.39, 0.29) is 12.0 Å². The topological polar surface area (TPSA) is 67.3 Å². The highest BCUT2D eigenvalue weighted by Crippen LogP contribution is 2.36. The van der Waals surface area contributed by atoms with Crippen molar-refractivity contribution < 1.29 is 9.53 Å². The van der Waals surface area contributed by atoms with Gasteiger partial charge in [-0.1, -0.05) is 6.07 Å². The van der Waals surface area contributed by atoms with Gasteiger partial charge in [0.15, 0.2) is 0 Å². The number of carbonyl (C=O) groups is 1. The minimum absolute atomic E-state index is 0.00133. The normalized spacial score (nSPS) is 25.6. The SMILES string of the molecule is O=C(C[C@H]1OC[C@H]2CN(Cc3cccnc3)CC[C@H]21)Nc1cccnc1. The van der Waals surface area contributed by atoms with Crippen molar-refractivity contribution in [2.24, 2.45) is 11.8 Å². The van der Waals surface area contributed by atoms with Gasteiger partial charge in [0.25, 0.3) is 0 Å². The van der Waals surface area contributed by atoms with Crippen molar-refractivity contribution in [2.75, 3.05) is 25.0 Å². The van der Waals surface area contributed by atoms with Gasteiger partial charge in [-0.25, -0.2) is 0 Å². The zero-order chi connectivity index (χ0) is 17.8. The number of aromatic nitrogens is 2. The Bertz CT molecular complexity index is 725. The van der Waals surface area contributed by atoms with E-state index < -0.39 is 0 Å². The van der Waals surface area contributed by atoms with E-state index in [1.54, 1.807) is 12.4 Å². The lowest BCUT2D eigenvalue weighted by molar-refractivity contribution is -0.118. The Kier molecular flexibility index (Phi) is 5.22. The second kappa shape index (κ2) is 7.93. The summed E-state index contributed by atoms with van der Waals surface area (Å²) in [5.41, 5.74) is 1.98. The van der Waals surface area contributed by atoms with Crippen molar-refractivity contribution in [1.29, 1.82) is 0 Å². The van der Waals surface area contributed by atoms with Gasteiger partial charge < -0.3 is 10.1 Å². The summed E-state index contributed by atoms with van der Waals surface area (Å²) < 4.78 is 5.99. The zero-order valence-corrected chi connectivity index (χ0v) is 14.8. The molecule has 0 spiro atoms. The number of piperidine rings is 1. The average molecular weight is 352 g/mol. The van der Waals surface area contributed by atoms with Gasteiger partial charge in [0.1, 0.15) is 0 Å². The van der Waals surface area contributed by atoms with Crippen LogP contribution in [0.5, 0.6) is 0 Å². The first kappa shape index (κ1) is 17.1. The lowest BCUT2D eigenvalue weighted by Gasteiger charge is -2.35. The van der Waals surface area contributed by atoms with E-state index in [1.165, 1.54) is 5.56 Å². The Hall–Kier alpha value is -2.31. The number of fused-ring (bicyclic) bond motifs is 1. The highest BCUT2D eigenvalue weighted by Gasteiger charge is 2.41. The average Bonchev–Trinajstić information content (AvgIpc) is 3.05. The largest absolute Gasteiger partial charge is 0.377 e. The van der Waals surface area contributed by atoms with E-state index in [0.717, 1.165) is 38.3 Å². The number of nitrogens with zero attached hydrogens (tertiary/aromatic N) is 3. The highest BCUT2D eigenvalue weighted by molar-refractivity contribution is 5.90. The monoisotopic (exact) mass is 352 g/mol. The van der Waals surface area contributed by atoms with E-state index in [4.69, 9.17) is 4.74 Å². The van der Waals surface area contributed by atoms with E-state index in [0.29, 0.717) is 18.3 Å². The van der Waals surface area contributed by atoms with Crippen LogP contribution in [0.4, 0.5) is 5.69 Å². The molecule has 26 heavy (non-hydrogen) atoms. The van der Waals surface area contributed by atoms with Crippen molar-refractivity contribution in [2.45, 2.75) is 25.5 Å². The van der Waals surface area contributed by atoms with Crippen LogP contribution in [-0.4, -0.2) is 46.6 Å². The van der Waals surface area contributed by atoms with E-state index in [9.17, 15) is 4.79 Å². The molecule has 2 aromatic heterocycles. The van der Waals surface area contributed by atoms with Gasteiger partial charge in [0, 0.05) is 37.6 Å². The fourth-order valence-corrected chi connectivity index (χ4v) is 4.10. The zero-order valence-electron chi connectivity index (χ0n) is 14.8. The minimum Gasteiger partial charge on any atom is -0.377 e. The van der Waals surface area contributed by atoms with Crippen molar-refractivity contribution in [3.05, 3.63) is 54.6 Å². The smallest absolute Gasteiger partial charge is 0.227 e. The first-order valence-corrected chi connectivity index (χ1v) is 9.20. The molecule has 0 aromatic carbocycles.